The van der Waals surface area contributed by atoms with Crippen LogP contribution in [0, 0.1) is 20.2 Å². The fourth-order valence-electron chi connectivity index (χ4n) is 3.31. The molecule has 4 rings (SSSR count). The van der Waals surface area contributed by atoms with Crippen LogP contribution in [0.4, 0.5) is 30.2 Å². The Balaban J connectivity index is 1.60. The molecule has 0 spiro atoms. The number of rotatable bonds is 6. The number of benzene rings is 3. The van der Waals surface area contributed by atoms with Crippen molar-refractivity contribution in [2.45, 2.75) is 6.18 Å². The van der Waals surface area contributed by atoms with E-state index in [9.17, 15) is 38.2 Å². The summed E-state index contributed by atoms with van der Waals surface area (Å²) in [4.78, 5) is 34.8. The maximum Gasteiger partial charge on any atom is 0.416 e. The van der Waals surface area contributed by atoms with Crippen molar-refractivity contribution >= 4 is 57.3 Å². The molecule has 1 heterocycles. The van der Waals surface area contributed by atoms with Gasteiger partial charge in [-0.05, 0) is 48.0 Å². The molecule has 0 saturated carbocycles. The molecule has 1 aliphatic heterocycles. The largest absolute Gasteiger partial charge is 0.450 e. The molecule has 14 heteroatoms. The van der Waals surface area contributed by atoms with Crippen LogP contribution in [-0.2, 0) is 11.0 Å². The predicted molar refractivity (Wildman–Crippen MR) is 133 cm³/mol. The van der Waals surface area contributed by atoms with Crippen molar-refractivity contribution in [3.63, 3.8) is 0 Å². The van der Waals surface area contributed by atoms with Crippen LogP contribution >= 0.6 is 24.0 Å². The third-order valence-corrected chi connectivity index (χ3v) is 6.26. The molecule has 0 N–H and O–H groups in total. The Labute approximate surface area is 215 Å². The fraction of sp³-hybridized carbons (Fsp3) is 0.0435. The highest BCUT2D eigenvalue weighted by molar-refractivity contribution is 8.27. The summed E-state index contributed by atoms with van der Waals surface area (Å²) >= 11 is 6.12. The molecule has 0 radical (unpaired) electrons. The van der Waals surface area contributed by atoms with E-state index in [1.807, 2.05) is 0 Å². The first-order valence-corrected chi connectivity index (χ1v) is 11.3. The van der Waals surface area contributed by atoms with Crippen molar-refractivity contribution in [1.82, 2.24) is 0 Å². The molecule has 0 aromatic heterocycles. The summed E-state index contributed by atoms with van der Waals surface area (Å²) in [5.74, 6) is -0.714. The van der Waals surface area contributed by atoms with Gasteiger partial charge in [0.1, 0.15) is 5.75 Å². The van der Waals surface area contributed by atoms with Crippen LogP contribution in [0.1, 0.15) is 11.1 Å². The number of alkyl halides is 3. The van der Waals surface area contributed by atoms with Crippen LogP contribution in [0.2, 0.25) is 0 Å². The Bertz CT molecular complexity index is 1490. The fourth-order valence-corrected chi connectivity index (χ4v) is 4.61. The number of anilines is 1. The molecule has 1 aliphatic rings. The zero-order valence-electron chi connectivity index (χ0n) is 18.2. The van der Waals surface area contributed by atoms with Gasteiger partial charge in [0.2, 0.25) is 5.75 Å². The van der Waals surface area contributed by atoms with Crippen LogP contribution in [-0.4, -0.2) is 20.1 Å². The number of hydrogen-bond donors (Lipinski definition) is 0. The number of carbonyl (C=O) groups is 1. The lowest BCUT2D eigenvalue weighted by Gasteiger charge is -2.16. The van der Waals surface area contributed by atoms with Crippen molar-refractivity contribution < 1.29 is 32.5 Å². The van der Waals surface area contributed by atoms with Gasteiger partial charge in [-0.25, -0.2) is 0 Å². The Hall–Kier alpha value is -4.30. The van der Waals surface area contributed by atoms with E-state index in [0.29, 0.717) is 5.56 Å². The summed E-state index contributed by atoms with van der Waals surface area (Å²) in [5.41, 5.74) is -1.60. The first-order chi connectivity index (χ1) is 17.4. The van der Waals surface area contributed by atoms with Crippen molar-refractivity contribution in [2.75, 3.05) is 4.90 Å². The Morgan fingerprint density at radius 1 is 0.973 bits per heavy atom. The summed E-state index contributed by atoms with van der Waals surface area (Å²) in [5, 5.41) is 22.3. The second-order valence-corrected chi connectivity index (χ2v) is 9.08. The van der Waals surface area contributed by atoms with E-state index < -0.39 is 38.9 Å². The van der Waals surface area contributed by atoms with Crippen LogP contribution in [0.25, 0.3) is 6.08 Å². The van der Waals surface area contributed by atoms with Gasteiger partial charge < -0.3 is 4.74 Å². The minimum atomic E-state index is -4.59. The van der Waals surface area contributed by atoms with Gasteiger partial charge in [0.25, 0.3) is 11.6 Å². The number of nitro groups is 2. The monoisotopic (exact) mass is 547 g/mol. The van der Waals surface area contributed by atoms with Crippen molar-refractivity contribution in [3.8, 4) is 11.5 Å². The quantitative estimate of drug-likeness (QED) is 0.145. The molecule has 0 atom stereocenters. The van der Waals surface area contributed by atoms with Gasteiger partial charge in [0.15, 0.2) is 4.32 Å². The van der Waals surface area contributed by atoms with Gasteiger partial charge in [-0.15, -0.1) is 0 Å². The third-order valence-electron chi connectivity index (χ3n) is 4.96. The maximum atomic E-state index is 13.1. The molecular formula is C23H12F3N3O6S2. The highest BCUT2D eigenvalue weighted by Crippen LogP contribution is 2.39. The highest BCUT2D eigenvalue weighted by atomic mass is 32.2. The highest BCUT2D eigenvalue weighted by Gasteiger charge is 2.36. The van der Waals surface area contributed by atoms with Crippen LogP contribution in [0.15, 0.2) is 71.6 Å². The molecule has 0 aliphatic carbocycles. The van der Waals surface area contributed by atoms with E-state index in [1.54, 1.807) is 12.1 Å². The normalized spacial score (nSPS) is 14.8. The number of hydrogen-bond acceptors (Lipinski definition) is 8. The van der Waals surface area contributed by atoms with Crippen molar-refractivity contribution in [2.24, 2.45) is 0 Å². The number of thioether (sulfide) groups is 1. The molecule has 1 amide bonds. The standard InChI is InChI=1S/C23H12F3N3O6S2/c24-23(25,26)14-4-2-5-15(11-14)27-21(30)20(37-22(27)36)10-13-3-1-6-17(9-13)35-19-8-7-16(28(31)32)12-18(19)29(33)34/h1-12H/b20-10-. The number of ether oxygens (including phenoxy) is 1. The van der Waals surface area contributed by atoms with Crippen LogP contribution in [0.5, 0.6) is 11.5 Å². The van der Waals surface area contributed by atoms with E-state index in [2.05, 4.69) is 0 Å². The van der Waals surface area contributed by atoms with Crippen molar-refractivity contribution in [1.29, 1.82) is 0 Å². The minimum absolute atomic E-state index is 0.0247. The lowest BCUT2D eigenvalue weighted by Crippen LogP contribution is -2.27. The smallest absolute Gasteiger partial charge is 0.416 e. The lowest BCUT2D eigenvalue weighted by atomic mass is 10.1. The number of non-ortho nitro benzene ring substituents is 1. The number of amides is 1. The van der Waals surface area contributed by atoms with Gasteiger partial charge in [-0.1, -0.05) is 42.2 Å². The average molecular weight is 547 g/mol. The molecule has 3 aromatic rings. The summed E-state index contributed by atoms with van der Waals surface area (Å²) < 4.78 is 44.9. The first-order valence-electron chi connectivity index (χ1n) is 10.1. The van der Waals surface area contributed by atoms with E-state index in [-0.39, 0.29) is 26.4 Å². The number of carbonyl (C=O) groups excluding carboxylic acids is 1. The molecular weight excluding hydrogens is 535 g/mol. The predicted octanol–water partition coefficient (Wildman–Crippen LogP) is 6.72. The van der Waals surface area contributed by atoms with Crippen molar-refractivity contribution in [3.05, 3.63) is 103 Å². The number of nitro benzene ring substituents is 2. The summed E-state index contributed by atoms with van der Waals surface area (Å²) in [6, 6.07) is 13.3. The summed E-state index contributed by atoms with van der Waals surface area (Å²) in [6.07, 6.45) is -3.14. The SMILES string of the molecule is O=C1/C(=C/c2cccc(Oc3ccc([N+](=O)[O-])cc3[N+](=O)[O-])c2)SC(=S)N1c1cccc(C(F)(F)F)c1. The molecule has 0 unspecified atom stereocenters. The Morgan fingerprint density at radius 3 is 2.38 bits per heavy atom. The third kappa shape index (κ3) is 5.59. The van der Waals surface area contributed by atoms with Gasteiger partial charge in [0, 0.05) is 6.07 Å². The van der Waals surface area contributed by atoms with Crippen LogP contribution < -0.4 is 9.64 Å². The number of thiocarbonyl (C=S) groups is 1. The topological polar surface area (TPSA) is 116 Å². The molecule has 3 aromatic carbocycles. The van der Waals surface area contributed by atoms with E-state index in [0.717, 1.165) is 47.0 Å². The first kappa shape index (κ1) is 25.8. The molecule has 0 bridgehead atoms. The zero-order valence-corrected chi connectivity index (χ0v) is 19.8. The second kappa shape index (κ2) is 9.99. The van der Waals surface area contributed by atoms with E-state index in [1.165, 1.54) is 30.3 Å². The average Bonchev–Trinajstić information content (AvgIpc) is 3.11. The van der Waals surface area contributed by atoms with E-state index in [4.69, 9.17) is 17.0 Å². The Kier molecular flexibility index (Phi) is 6.96. The van der Waals surface area contributed by atoms with Gasteiger partial charge in [-0.2, -0.15) is 13.2 Å². The molecule has 9 nitrogen and oxygen atoms in total. The Morgan fingerprint density at radius 2 is 1.70 bits per heavy atom. The lowest BCUT2D eigenvalue weighted by molar-refractivity contribution is -0.394. The molecule has 1 fully saturated rings. The maximum absolute atomic E-state index is 13.1. The van der Waals surface area contributed by atoms with Gasteiger partial charge in [-0.3, -0.25) is 29.9 Å². The minimum Gasteiger partial charge on any atom is -0.450 e. The summed E-state index contributed by atoms with van der Waals surface area (Å²) in [6.45, 7) is 0. The van der Waals surface area contributed by atoms with E-state index >= 15 is 0 Å². The van der Waals surface area contributed by atoms with Gasteiger partial charge >= 0.3 is 11.9 Å². The number of nitrogens with zero attached hydrogens (tertiary/aromatic N) is 3. The number of halogens is 3. The molecule has 37 heavy (non-hydrogen) atoms. The molecule has 188 valence electrons. The van der Waals surface area contributed by atoms with Crippen LogP contribution in [0.3, 0.4) is 0 Å². The molecule has 1 saturated heterocycles. The summed E-state index contributed by atoms with van der Waals surface area (Å²) in [7, 11) is 0. The zero-order chi connectivity index (χ0) is 26.9. The van der Waals surface area contributed by atoms with Gasteiger partial charge in [0.05, 0.1) is 32.1 Å². The second-order valence-electron chi connectivity index (χ2n) is 7.41.